The van der Waals surface area contributed by atoms with Gasteiger partial charge in [-0.2, -0.15) is 0 Å². The molecule has 0 atom stereocenters. The Morgan fingerprint density at radius 1 is 1.43 bits per heavy atom. The molecule has 1 aromatic heterocycles. The highest BCUT2D eigenvalue weighted by Gasteiger charge is 2.16. The van der Waals surface area contributed by atoms with Crippen LogP contribution in [0.2, 0.25) is 0 Å². The number of imidazole rings is 1. The molecule has 0 saturated carbocycles. The summed E-state index contributed by atoms with van der Waals surface area (Å²) in [5, 5.41) is 9.45. The molecule has 21 heavy (non-hydrogen) atoms. The van der Waals surface area contributed by atoms with Crippen molar-refractivity contribution in [2.24, 2.45) is 5.41 Å². The van der Waals surface area contributed by atoms with E-state index in [9.17, 15) is 9.18 Å². The van der Waals surface area contributed by atoms with Crippen LogP contribution in [0.3, 0.4) is 0 Å². The molecule has 2 rings (SSSR count). The van der Waals surface area contributed by atoms with Gasteiger partial charge in [0.05, 0.1) is 16.8 Å². The number of aromatic nitrogens is 2. The summed E-state index contributed by atoms with van der Waals surface area (Å²) < 4.78 is 15.4. The Hall–Kier alpha value is -1.56. The summed E-state index contributed by atoms with van der Waals surface area (Å²) in [5.41, 5.74) is 1.55. The van der Waals surface area contributed by atoms with Gasteiger partial charge in [-0.1, -0.05) is 32.5 Å². The van der Waals surface area contributed by atoms with Crippen LogP contribution >= 0.6 is 11.8 Å². The maximum Gasteiger partial charge on any atom is 0.313 e. The van der Waals surface area contributed by atoms with E-state index in [0.717, 1.165) is 6.42 Å². The van der Waals surface area contributed by atoms with Crippen LogP contribution in [0.15, 0.2) is 23.4 Å². The third kappa shape index (κ3) is 4.20. The van der Waals surface area contributed by atoms with Gasteiger partial charge in [-0.3, -0.25) is 4.79 Å². The number of hydrogen-bond donors (Lipinski definition) is 1. The van der Waals surface area contributed by atoms with Gasteiger partial charge in [0.15, 0.2) is 5.16 Å². The predicted octanol–water partition coefficient (Wildman–Crippen LogP) is 3.79. The number of carboxylic acids is 1. The summed E-state index contributed by atoms with van der Waals surface area (Å²) in [6.45, 7) is 7.09. The third-order valence-electron chi connectivity index (χ3n) is 3.09. The lowest BCUT2D eigenvalue weighted by Crippen LogP contribution is -2.11. The number of halogens is 1. The molecule has 1 aromatic carbocycles. The molecular formula is C15H19FN2O2S. The molecule has 4 nitrogen and oxygen atoms in total. The molecule has 0 saturated heterocycles. The first-order valence-corrected chi connectivity index (χ1v) is 7.75. The normalized spacial score (nSPS) is 12.0. The molecule has 0 spiro atoms. The van der Waals surface area contributed by atoms with Gasteiger partial charge >= 0.3 is 5.97 Å². The van der Waals surface area contributed by atoms with E-state index in [2.05, 4.69) is 25.8 Å². The molecule has 0 unspecified atom stereocenters. The van der Waals surface area contributed by atoms with Crippen molar-refractivity contribution in [1.82, 2.24) is 9.55 Å². The molecule has 1 N–H and O–H groups in total. The van der Waals surface area contributed by atoms with Crippen LogP contribution in [0.5, 0.6) is 0 Å². The van der Waals surface area contributed by atoms with Crippen molar-refractivity contribution >= 4 is 28.8 Å². The molecule has 0 radical (unpaired) electrons. The number of thioether (sulfide) groups is 1. The van der Waals surface area contributed by atoms with Crippen LogP contribution in [-0.2, 0) is 11.3 Å². The standard InChI is InChI=1S/C15H19FN2O2S/c1-15(2,3)6-7-18-12-8-10(16)4-5-11(12)17-14(18)21-9-13(19)20/h4-5,8H,6-7,9H2,1-3H3,(H,19,20). The molecule has 2 aromatic rings. The minimum Gasteiger partial charge on any atom is -0.481 e. The van der Waals surface area contributed by atoms with Gasteiger partial charge in [-0.25, -0.2) is 9.37 Å². The molecule has 0 amide bonds. The minimum absolute atomic E-state index is 0.0542. The number of benzene rings is 1. The van der Waals surface area contributed by atoms with Crippen molar-refractivity contribution in [3.8, 4) is 0 Å². The highest BCUT2D eigenvalue weighted by Crippen LogP contribution is 2.28. The Bertz CT molecular complexity index is 661. The van der Waals surface area contributed by atoms with Crippen molar-refractivity contribution in [1.29, 1.82) is 0 Å². The average Bonchev–Trinajstić information content (AvgIpc) is 2.70. The zero-order chi connectivity index (χ0) is 15.6. The van der Waals surface area contributed by atoms with E-state index in [-0.39, 0.29) is 17.0 Å². The first-order chi connectivity index (χ1) is 9.76. The van der Waals surface area contributed by atoms with E-state index >= 15 is 0 Å². The second-order valence-corrected chi connectivity index (χ2v) is 7.11. The van der Waals surface area contributed by atoms with Crippen molar-refractivity contribution in [2.75, 3.05) is 5.75 Å². The molecular weight excluding hydrogens is 291 g/mol. The molecule has 0 bridgehead atoms. The van der Waals surface area contributed by atoms with E-state index in [1.807, 2.05) is 4.57 Å². The van der Waals surface area contributed by atoms with Gasteiger partial charge in [-0.05, 0) is 30.0 Å². The summed E-state index contributed by atoms with van der Waals surface area (Å²) in [4.78, 5) is 15.2. The molecule has 0 fully saturated rings. The average molecular weight is 310 g/mol. The number of aliphatic carboxylic acids is 1. The van der Waals surface area contributed by atoms with Crippen LogP contribution < -0.4 is 0 Å². The van der Waals surface area contributed by atoms with Crippen molar-refractivity contribution in [2.45, 2.75) is 38.9 Å². The fourth-order valence-electron chi connectivity index (χ4n) is 1.97. The Kier molecular flexibility index (Phi) is 4.56. The van der Waals surface area contributed by atoms with Gasteiger partial charge in [0.2, 0.25) is 0 Å². The summed E-state index contributed by atoms with van der Waals surface area (Å²) in [5.74, 6) is -1.25. The summed E-state index contributed by atoms with van der Waals surface area (Å²) in [7, 11) is 0. The number of carboxylic acid groups (broad SMARTS) is 1. The predicted molar refractivity (Wildman–Crippen MR) is 82.1 cm³/mol. The molecule has 114 valence electrons. The number of nitrogens with zero attached hydrogens (tertiary/aromatic N) is 2. The van der Waals surface area contributed by atoms with Crippen molar-refractivity contribution in [3.05, 3.63) is 24.0 Å². The quantitative estimate of drug-likeness (QED) is 0.854. The van der Waals surface area contributed by atoms with Gasteiger partial charge in [0, 0.05) is 6.54 Å². The third-order valence-corrected chi connectivity index (χ3v) is 4.05. The highest BCUT2D eigenvalue weighted by atomic mass is 32.2. The summed E-state index contributed by atoms with van der Waals surface area (Å²) >= 11 is 1.17. The first kappa shape index (κ1) is 15.8. The molecule has 0 aliphatic heterocycles. The zero-order valence-electron chi connectivity index (χ0n) is 12.4. The number of fused-ring (bicyclic) bond motifs is 1. The second-order valence-electron chi connectivity index (χ2n) is 6.17. The Morgan fingerprint density at radius 3 is 2.76 bits per heavy atom. The number of carbonyl (C=O) groups is 1. The van der Waals surface area contributed by atoms with Gasteiger partial charge < -0.3 is 9.67 Å². The maximum absolute atomic E-state index is 13.5. The number of aryl methyl sites for hydroxylation is 1. The molecule has 0 aliphatic rings. The topological polar surface area (TPSA) is 55.1 Å². The molecule has 6 heteroatoms. The van der Waals surface area contributed by atoms with Gasteiger partial charge in [-0.15, -0.1) is 0 Å². The Labute approximate surface area is 127 Å². The SMILES string of the molecule is CC(C)(C)CCn1c(SCC(=O)O)nc2ccc(F)cc21. The molecule has 1 heterocycles. The van der Waals surface area contributed by atoms with Gasteiger partial charge in [0.25, 0.3) is 0 Å². The second kappa shape index (κ2) is 6.05. The fraction of sp³-hybridized carbons (Fsp3) is 0.467. The minimum atomic E-state index is -0.888. The van der Waals surface area contributed by atoms with E-state index < -0.39 is 5.97 Å². The first-order valence-electron chi connectivity index (χ1n) is 6.77. The van der Waals surface area contributed by atoms with Crippen molar-refractivity contribution < 1.29 is 14.3 Å². The molecule has 0 aliphatic carbocycles. The largest absolute Gasteiger partial charge is 0.481 e. The number of rotatable bonds is 5. The van der Waals surface area contributed by atoms with Crippen LogP contribution in [0.1, 0.15) is 27.2 Å². The Morgan fingerprint density at radius 2 is 2.14 bits per heavy atom. The highest BCUT2D eigenvalue weighted by molar-refractivity contribution is 7.99. The van der Waals surface area contributed by atoms with Crippen molar-refractivity contribution in [3.63, 3.8) is 0 Å². The lowest BCUT2D eigenvalue weighted by molar-refractivity contribution is -0.133. The van der Waals surface area contributed by atoms with Crippen LogP contribution in [0, 0.1) is 11.2 Å². The zero-order valence-corrected chi connectivity index (χ0v) is 13.2. The monoisotopic (exact) mass is 310 g/mol. The summed E-state index contributed by atoms with van der Waals surface area (Å²) in [6.07, 6.45) is 0.898. The van der Waals surface area contributed by atoms with Gasteiger partial charge in [0.1, 0.15) is 5.82 Å². The van der Waals surface area contributed by atoms with E-state index in [1.54, 1.807) is 6.07 Å². The van der Waals surface area contributed by atoms with Crippen LogP contribution in [0.25, 0.3) is 11.0 Å². The summed E-state index contributed by atoms with van der Waals surface area (Å²) in [6, 6.07) is 4.45. The van der Waals surface area contributed by atoms with E-state index in [1.165, 1.54) is 23.9 Å². The lowest BCUT2D eigenvalue weighted by Gasteiger charge is -2.19. The van der Waals surface area contributed by atoms with E-state index in [0.29, 0.717) is 22.7 Å². The van der Waals surface area contributed by atoms with Crippen LogP contribution in [0.4, 0.5) is 4.39 Å². The number of hydrogen-bond acceptors (Lipinski definition) is 3. The smallest absolute Gasteiger partial charge is 0.313 e. The maximum atomic E-state index is 13.5. The Balaban J connectivity index is 2.38. The van der Waals surface area contributed by atoms with Crippen LogP contribution in [-0.4, -0.2) is 26.4 Å². The van der Waals surface area contributed by atoms with E-state index in [4.69, 9.17) is 5.11 Å². The fourth-order valence-corrected chi connectivity index (χ4v) is 2.73. The lowest BCUT2D eigenvalue weighted by atomic mass is 9.92.